The fourth-order valence-corrected chi connectivity index (χ4v) is 2.11. The molecule has 0 aromatic heterocycles. The number of nitrogens with one attached hydrogen (secondary N) is 1. The van der Waals surface area contributed by atoms with Crippen LogP contribution in [0.5, 0.6) is 11.5 Å². The molecule has 0 unspecified atom stereocenters. The molecule has 7 nitrogen and oxygen atoms in total. The number of hydrogen-bond donors (Lipinski definition) is 1. The van der Waals surface area contributed by atoms with Crippen molar-refractivity contribution in [2.75, 3.05) is 20.3 Å². The molecule has 136 valence electrons. The van der Waals surface area contributed by atoms with Gasteiger partial charge >= 0.3 is 5.97 Å². The van der Waals surface area contributed by atoms with Gasteiger partial charge in [0.25, 0.3) is 11.8 Å². The molecular weight excluding hydrogens is 338 g/mol. The van der Waals surface area contributed by atoms with Crippen molar-refractivity contribution in [3.63, 3.8) is 0 Å². The van der Waals surface area contributed by atoms with Crippen LogP contribution in [-0.2, 0) is 9.53 Å². The van der Waals surface area contributed by atoms with Gasteiger partial charge in [-0.3, -0.25) is 14.9 Å². The lowest BCUT2D eigenvalue weighted by molar-refractivity contribution is -0.123. The number of rotatable bonds is 7. The van der Waals surface area contributed by atoms with Crippen LogP contribution < -0.4 is 14.8 Å². The van der Waals surface area contributed by atoms with Crippen molar-refractivity contribution in [3.05, 3.63) is 59.7 Å². The van der Waals surface area contributed by atoms with Crippen LogP contribution in [0.25, 0.3) is 0 Å². The number of amides is 2. The number of imide groups is 1. The predicted octanol–water partition coefficient (Wildman–Crippen LogP) is 2.21. The third-order valence-corrected chi connectivity index (χ3v) is 3.32. The lowest BCUT2D eigenvalue weighted by atomic mass is 10.2. The molecule has 7 heteroatoms. The Labute approximate surface area is 150 Å². The number of carbonyl (C=O) groups excluding carboxylic acids is 3. The second kappa shape index (κ2) is 9.22. The molecule has 2 aromatic rings. The van der Waals surface area contributed by atoms with Crippen molar-refractivity contribution < 1.29 is 28.6 Å². The number of hydrogen-bond acceptors (Lipinski definition) is 6. The lowest BCUT2D eigenvalue weighted by Gasteiger charge is -2.11. The molecule has 0 spiro atoms. The van der Waals surface area contributed by atoms with E-state index in [4.69, 9.17) is 14.2 Å². The summed E-state index contributed by atoms with van der Waals surface area (Å²) in [7, 11) is 1.49. The number of esters is 1. The second-order valence-electron chi connectivity index (χ2n) is 5.12. The van der Waals surface area contributed by atoms with Crippen LogP contribution in [0.2, 0.25) is 0 Å². The van der Waals surface area contributed by atoms with Crippen molar-refractivity contribution in [3.8, 4) is 11.5 Å². The second-order valence-corrected chi connectivity index (χ2v) is 5.12. The Morgan fingerprint density at radius 3 is 2.35 bits per heavy atom. The first-order chi connectivity index (χ1) is 12.5. The van der Waals surface area contributed by atoms with E-state index in [0.717, 1.165) is 0 Å². The van der Waals surface area contributed by atoms with Gasteiger partial charge < -0.3 is 14.2 Å². The van der Waals surface area contributed by atoms with Crippen molar-refractivity contribution >= 4 is 17.8 Å². The van der Waals surface area contributed by atoms with Crippen molar-refractivity contribution in [2.45, 2.75) is 6.92 Å². The van der Waals surface area contributed by atoms with Gasteiger partial charge in [-0.05, 0) is 37.3 Å². The number of carbonyl (C=O) groups is 3. The first-order valence-corrected chi connectivity index (χ1v) is 7.92. The molecule has 0 aliphatic rings. The van der Waals surface area contributed by atoms with Crippen LogP contribution in [-0.4, -0.2) is 38.1 Å². The zero-order valence-electron chi connectivity index (χ0n) is 14.5. The van der Waals surface area contributed by atoms with Gasteiger partial charge in [0.2, 0.25) is 0 Å². The first-order valence-electron chi connectivity index (χ1n) is 7.92. The average Bonchev–Trinajstić information content (AvgIpc) is 2.67. The molecule has 26 heavy (non-hydrogen) atoms. The zero-order chi connectivity index (χ0) is 18.9. The maximum absolute atomic E-state index is 12.1. The molecule has 2 aromatic carbocycles. The van der Waals surface area contributed by atoms with Crippen molar-refractivity contribution in [1.82, 2.24) is 5.32 Å². The first kappa shape index (κ1) is 19.0. The van der Waals surface area contributed by atoms with Gasteiger partial charge in [0.15, 0.2) is 18.1 Å². The van der Waals surface area contributed by atoms with E-state index in [0.29, 0.717) is 23.7 Å². The van der Waals surface area contributed by atoms with E-state index in [9.17, 15) is 14.4 Å². The molecule has 2 rings (SSSR count). The summed E-state index contributed by atoms with van der Waals surface area (Å²) in [6.45, 7) is 1.63. The summed E-state index contributed by atoms with van der Waals surface area (Å²) in [5, 5.41) is 2.15. The number of benzene rings is 2. The van der Waals surface area contributed by atoms with Gasteiger partial charge in [0.05, 0.1) is 19.3 Å². The van der Waals surface area contributed by atoms with Crippen LogP contribution in [0, 0.1) is 0 Å². The van der Waals surface area contributed by atoms with E-state index in [1.54, 1.807) is 43.3 Å². The molecular formula is C19H19NO6. The van der Waals surface area contributed by atoms with Gasteiger partial charge in [0, 0.05) is 5.56 Å². The molecule has 0 bridgehead atoms. The Bertz CT molecular complexity index is 788. The molecule has 1 N–H and O–H groups in total. The topological polar surface area (TPSA) is 90.9 Å². The van der Waals surface area contributed by atoms with Gasteiger partial charge in [-0.25, -0.2) is 4.79 Å². The summed E-state index contributed by atoms with van der Waals surface area (Å²) in [4.78, 5) is 35.7. The van der Waals surface area contributed by atoms with E-state index < -0.39 is 24.4 Å². The Balaban J connectivity index is 1.92. The van der Waals surface area contributed by atoms with Crippen molar-refractivity contribution in [1.29, 1.82) is 0 Å². The Kier molecular flexibility index (Phi) is 6.73. The summed E-state index contributed by atoms with van der Waals surface area (Å²) in [6.07, 6.45) is 0. The monoisotopic (exact) mass is 357 g/mol. The Morgan fingerprint density at radius 2 is 1.69 bits per heavy atom. The molecule has 0 atom stereocenters. The summed E-state index contributed by atoms with van der Waals surface area (Å²) in [6, 6.07) is 12.8. The SMILES string of the molecule is CCOc1cc(C(=O)OCC(=O)NC(=O)c2ccccc2)ccc1OC. The number of methoxy groups -OCH3 is 1. The van der Waals surface area contributed by atoms with Gasteiger partial charge in [-0.1, -0.05) is 18.2 Å². The highest BCUT2D eigenvalue weighted by Crippen LogP contribution is 2.28. The van der Waals surface area contributed by atoms with Crippen LogP contribution >= 0.6 is 0 Å². The van der Waals surface area contributed by atoms with Gasteiger partial charge in [-0.2, -0.15) is 0 Å². The quantitative estimate of drug-likeness (QED) is 0.764. The van der Waals surface area contributed by atoms with Crippen LogP contribution in [0.15, 0.2) is 48.5 Å². The lowest BCUT2D eigenvalue weighted by Crippen LogP contribution is -2.34. The minimum atomic E-state index is -0.717. The summed E-state index contributed by atoms with van der Waals surface area (Å²) < 4.78 is 15.5. The maximum atomic E-state index is 12.1. The van der Waals surface area contributed by atoms with E-state index in [1.807, 2.05) is 0 Å². The fourth-order valence-electron chi connectivity index (χ4n) is 2.11. The molecule has 0 heterocycles. The van der Waals surface area contributed by atoms with Crippen molar-refractivity contribution in [2.24, 2.45) is 0 Å². The molecule has 0 aliphatic heterocycles. The smallest absolute Gasteiger partial charge is 0.338 e. The normalized spacial score (nSPS) is 9.92. The van der Waals surface area contributed by atoms with Crippen LogP contribution in [0.1, 0.15) is 27.6 Å². The number of ether oxygens (including phenoxy) is 3. The van der Waals surface area contributed by atoms with E-state index >= 15 is 0 Å². The van der Waals surface area contributed by atoms with E-state index in [1.165, 1.54) is 19.2 Å². The molecule has 0 saturated heterocycles. The Hall–Kier alpha value is -3.35. The van der Waals surface area contributed by atoms with Crippen LogP contribution in [0.3, 0.4) is 0 Å². The fraction of sp³-hybridized carbons (Fsp3) is 0.211. The minimum Gasteiger partial charge on any atom is -0.493 e. The highest BCUT2D eigenvalue weighted by Gasteiger charge is 2.15. The highest BCUT2D eigenvalue weighted by molar-refractivity contribution is 6.05. The van der Waals surface area contributed by atoms with E-state index in [2.05, 4.69) is 5.32 Å². The summed E-state index contributed by atoms with van der Waals surface area (Å²) in [5.41, 5.74) is 0.542. The molecule has 0 radical (unpaired) electrons. The van der Waals surface area contributed by atoms with Crippen LogP contribution in [0.4, 0.5) is 0 Å². The maximum Gasteiger partial charge on any atom is 0.338 e. The molecule has 0 saturated carbocycles. The molecule has 0 aliphatic carbocycles. The summed E-state index contributed by atoms with van der Waals surface area (Å²) >= 11 is 0. The largest absolute Gasteiger partial charge is 0.493 e. The average molecular weight is 357 g/mol. The third-order valence-electron chi connectivity index (χ3n) is 3.32. The zero-order valence-corrected chi connectivity index (χ0v) is 14.5. The van der Waals surface area contributed by atoms with Gasteiger partial charge in [-0.15, -0.1) is 0 Å². The Morgan fingerprint density at radius 1 is 0.962 bits per heavy atom. The highest BCUT2D eigenvalue weighted by atomic mass is 16.5. The summed E-state index contributed by atoms with van der Waals surface area (Å²) in [5.74, 6) is -1.11. The third kappa shape index (κ3) is 5.07. The van der Waals surface area contributed by atoms with Gasteiger partial charge in [0.1, 0.15) is 0 Å². The molecule has 2 amide bonds. The standard InChI is InChI=1S/C19H19NO6/c1-3-25-16-11-14(9-10-15(16)24-2)19(23)26-12-17(21)20-18(22)13-7-5-4-6-8-13/h4-11H,3,12H2,1-2H3,(H,20,21,22). The minimum absolute atomic E-state index is 0.205. The molecule has 0 fully saturated rings. The van der Waals surface area contributed by atoms with E-state index in [-0.39, 0.29) is 5.56 Å². The predicted molar refractivity (Wildman–Crippen MR) is 93.4 cm³/mol.